The highest BCUT2D eigenvalue weighted by Gasteiger charge is 2.33. The number of anilines is 2. The van der Waals surface area contributed by atoms with Crippen molar-refractivity contribution in [2.75, 3.05) is 11.4 Å². The second-order valence-corrected chi connectivity index (χ2v) is 6.77. The van der Waals surface area contributed by atoms with Crippen molar-refractivity contribution in [3.63, 3.8) is 0 Å². The minimum atomic E-state index is -0.404. The second-order valence-electron chi connectivity index (χ2n) is 5.55. The van der Waals surface area contributed by atoms with Crippen LogP contribution in [0.3, 0.4) is 0 Å². The fourth-order valence-corrected chi connectivity index (χ4v) is 2.98. The zero-order valence-corrected chi connectivity index (χ0v) is 13.5. The Morgan fingerprint density at radius 3 is 2.80 bits per heavy atom. The molecule has 0 aliphatic carbocycles. The largest absolute Gasteiger partial charge is 0.326 e. The quantitative estimate of drug-likeness (QED) is 0.736. The molecule has 0 saturated heterocycles. The molecule has 0 saturated carbocycles. The molecule has 1 aromatic carbocycles. The summed E-state index contributed by atoms with van der Waals surface area (Å²) in [5.74, 6) is 0.550. The standard InChI is InChI=1S/C14H14BrClFN3/c1-14(2)5-6-19(13-8-12(15)18-20(13)14)9-3-4-10(16)11(17)7-9/h3-4,7-8H,5-6H2,1-2H3. The topological polar surface area (TPSA) is 21.1 Å². The molecule has 1 aliphatic heterocycles. The minimum Gasteiger partial charge on any atom is -0.326 e. The minimum absolute atomic E-state index is 0.0528. The van der Waals surface area contributed by atoms with Gasteiger partial charge in [-0.05, 0) is 54.4 Å². The first-order chi connectivity index (χ1) is 9.38. The number of rotatable bonds is 1. The van der Waals surface area contributed by atoms with Crippen LogP contribution in [0, 0.1) is 5.82 Å². The Morgan fingerprint density at radius 1 is 1.35 bits per heavy atom. The number of benzene rings is 1. The van der Waals surface area contributed by atoms with Crippen LogP contribution in [-0.4, -0.2) is 16.3 Å². The maximum absolute atomic E-state index is 13.7. The van der Waals surface area contributed by atoms with E-state index >= 15 is 0 Å². The van der Waals surface area contributed by atoms with Gasteiger partial charge in [-0.2, -0.15) is 5.10 Å². The van der Waals surface area contributed by atoms with Gasteiger partial charge in [0.25, 0.3) is 0 Å². The lowest BCUT2D eigenvalue weighted by molar-refractivity contribution is 0.282. The van der Waals surface area contributed by atoms with Crippen molar-refractivity contribution in [3.05, 3.63) is 39.7 Å². The predicted octanol–water partition coefficient (Wildman–Crippen LogP) is 4.72. The van der Waals surface area contributed by atoms with E-state index in [9.17, 15) is 4.39 Å². The Hall–Kier alpha value is -1.07. The van der Waals surface area contributed by atoms with Crippen LogP contribution in [-0.2, 0) is 5.54 Å². The Labute approximate surface area is 130 Å². The third kappa shape index (κ3) is 2.23. The van der Waals surface area contributed by atoms with Crippen molar-refractivity contribution < 1.29 is 4.39 Å². The summed E-state index contributed by atoms with van der Waals surface area (Å²) in [6.45, 7) is 5.11. The molecule has 0 N–H and O–H groups in total. The van der Waals surface area contributed by atoms with E-state index in [1.165, 1.54) is 6.07 Å². The van der Waals surface area contributed by atoms with Crippen LogP contribution in [0.15, 0.2) is 28.9 Å². The van der Waals surface area contributed by atoms with Gasteiger partial charge in [0.1, 0.15) is 16.2 Å². The molecule has 2 aromatic rings. The lowest BCUT2D eigenvalue weighted by Crippen LogP contribution is -2.40. The summed E-state index contributed by atoms with van der Waals surface area (Å²) in [5.41, 5.74) is 0.735. The van der Waals surface area contributed by atoms with Crippen molar-refractivity contribution in [2.24, 2.45) is 0 Å². The van der Waals surface area contributed by atoms with Gasteiger partial charge in [-0.25, -0.2) is 9.07 Å². The summed E-state index contributed by atoms with van der Waals surface area (Å²) in [7, 11) is 0. The molecule has 2 heterocycles. The summed E-state index contributed by atoms with van der Waals surface area (Å²) >= 11 is 9.17. The van der Waals surface area contributed by atoms with E-state index in [-0.39, 0.29) is 10.6 Å². The molecule has 1 aromatic heterocycles. The molecule has 0 bridgehead atoms. The number of hydrogen-bond acceptors (Lipinski definition) is 2. The van der Waals surface area contributed by atoms with Crippen molar-refractivity contribution >= 4 is 39.0 Å². The molecule has 106 valence electrons. The lowest BCUT2D eigenvalue weighted by atomic mass is 9.98. The van der Waals surface area contributed by atoms with Crippen molar-refractivity contribution in [2.45, 2.75) is 25.8 Å². The molecule has 0 spiro atoms. The number of hydrogen-bond donors (Lipinski definition) is 0. The maximum Gasteiger partial charge on any atom is 0.143 e. The monoisotopic (exact) mass is 357 g/mol. The van der Waals surface area contributed by atoms with E-state index in [1.54, 1.807) is 6.07 Å². The average molecular weight is 359 g/mol. The van der Waals surface area contributed by atoms with Gasteiger partial charge < -0.3 is 4.90 Å². The zero-order valence-electron chi connectivity index (χ0n) is 11.2. The van der Waals surface area contributed by atoms with Crippen molar-refractivity contribution in [3.8, 4) is 0 Å². The summed E-state index contributed by atoms with van der Waals surface area (Å²) in [6.07, 6.45) is 0.929. The van der Waals surface area contributed by atoms with E-state index < -0.39 is 5.82 Å². The first-order valence-electron chi connectivity index (χ1n) is 6.37. The van der Waals surface area contributed by atoms with Crippen molar-refractivity contribution in [1.82, 2.24) is 9.78 Å². The molecule has 6 heteroatoms. The third-order valence-corrected chi connectivity index (χ3v) is 4.37. The summed E-state index contributed by atoms with van der Waals surface area (Å²) in [4.78, 5) is 2.06. The molecule has 1 aliphatic rings. The molecule has 0 atom stereocenters. The fraction of sp³-hybridized carbons (Fsp3) is 0.357. The summed E-state index contributed by atoms with van der Waals surface area (Å²) < 4.78 is 16.4. The lowest BCUT2D eigenvalue weighted by Gasteiger charge is -2.39. The first-order valence-corrected chi connectivity index (χ1v) is 7.54. The molecular formula is C14H14BrClFN3. The highest BCUT2D eigenvalue weighted by Crippen LogP contribution is 2.38. The van der Waals surface area contributed by atoms with Crippen LogP contribution in [0.1, 0.15) is 20.3 Å². The van der Waals surface area contributed by atoms with Gasteiger partial charge in [-0.15, -0.1) is 0 Å². The molecule has 0 unspecified atom stereocenters. The van der Waals surface area contributed by atoms with E-state index in [0.29, 0.717) is 0 Å². The molecule has 3 rings (SSSR count). The molecular weight excluding hydrogens is 345 g/mol. The van der Waals surface area contributed by atoms with Gasteiger partial charge in [-0.1, -0.05) is 11.6 Å². The Kier molecular flexibility index (Phi) is 3.29. The highest BCUT2D eigenvalue weighted by molar-refractivity contribution is 9.10. The normalized spacial score (nSPS) is 17.1. The molecule has 0 radical (unpaired) electrons. The number of nitrogens with zero attached hydrogens (tertiary/aromatic N) is 3. The Morgan fingerprint density at radius 2 is 2.10 bits per heavy atom. The SMILES string of the molecule is CC1(C)CCN(c2ccc(Cl)c(F)c2)c2cc(Br)nn21. The molecule has 0 fully saturated rings. The highest BCUT2D eigenvalue weighted by atomic mass is 79.9. The van der Waals surface area contributed by atoms with Crippen LogP contribution in [0.25, 0.3) is 0 Å². The van der Waals surface area contributed by atoms with E-state index in [0.717, 1.165) is 29.1 Å². The van der Waals surface area contributed by atoms with E-state index in [4.69, 9.17) is 11.6 Å². The van der Waals surface area contributed by atoms with E-state index in [2.05, 4.69) is 39.8 Å². The van der Waals surface area contributed by atoms with Crippen LogP contribution in [0.5, 0.6) is 0 Å². The zero-order chi connectivity index (χ0) is 14.5. The molecule has 3 nitrogen and oxygen atoms in total. The Balaban J connectivity index is 2.09. The summed E-state index contributed by atoms with van der Waals surface area (Å²) in [5, 5.41) is 4.63. The van der Waals surface area contributed by atoms with Crippen LogP contribution in [0.4, 0.5) is 15.9 Å². The number of fused-ring (bicyclic) bond motifs is 1. The summed E-state index contributed by atoms with van der Waals surface area (Å²) in [6, 6.07) is 6.83. The van der Waals surface area contributed by atoms with Crippen LogP contribution in [0.2, 0.25) is 5.02 Å². The third-order valence-electron chi connectivity index (χ3n) is 3.67. The van der Waals surface area contributed by atoms with E-state index in [1.807, 2.05) is 16.8 Å². The average Bonchev–Trinajstić information content (AvgIpc) is 2.76. The molecule has 0 amide bonds. The van der Waals surface area contributed by atoms with Gasteiger partial charge >= 0.3 is 0 Å². The van der Waals surface area contributed by atoms with Gasteiger partial charge in [0.15, 0.2) is 0 Å². The van der Waals surface area contributed by atoms with Crippen LogP contribution >= 0.6 is 27.5 Å². The number of halogens is 3. The first kappa shape index (κ1) is 13.9. The molecule has 20 heavy (non-hydrogen) atoms. The van der Waals surface area contributed by atoms with Gasteiger partial charge in [-0.3, -0.25) is 0 Å². The second kappa shape index (κ2) is 4.74. The maximum atomic E-state index is 13.7. The fourth-order valence-electron chi connectivity index (χ4n) is 2.50. The van der Waals surface area contributed by atoms with Gasteiger partial charge in [0.2, 0.25) is 0 Å². The Bertz CT molecular complexity index is 668. The number of aromatic nitrogens is 2. The van der Waals surface area contributed by atoms with Gasteiger partial charge in [0.05, 0.1) is 10.6 Å². The smallest absolute Gasteiger partial charge is 0.143 e. The van der Waals surface area contributed by atoms with Crippen LogP contribution < -0.4 is 4.90 Å². The predicted molar refractivity (Wildman–Crippen MR) is 82.3 cm³/mol. The van der Waals surface area contributed by atoms with Crippen molar-refractivity contribution in [1.29, 1.82) is 0 Å². The van der Waals surface area contributed by atoms with Gasteiger partial charge in [0, 0.05) is 18.3 Å².